The summed E-state index contributed by atoms with van der Waals surface area (Å²) in [6.45, 7) is 17.4. The maximum absolute atomic E-state index is 12.3. The Bertz CT molecular complexity index is 673. The summed E-state index contributed by atoms with van der Waals surface area (Å²) in [5.74, 6) is 1.32. The van der Waals surface area contributed by atoms with Crippen LogP contribution in [0.4, 0.5) is 8.78 Å². The third-order valence-electron chi connectivity index (χ3n) is 5.27. The molecule has 0 saturated carbocycles. The van der Waals surface area contributed by atoms with Crippen LogP contribution < -0.4 is 0 Å². The largest absolute Gasteiger partial charge is 0.242 e. The van der Waals surface area contributed by atoms with Crippen molar-refractivity contribution in [2.24, 2.45) is 5.92 Å². The molecule has 0 aliphatic heterocycles. The molecule has 0 bridgehead atoms. The van der Waals surface area contributed by atoms with Crippen LogP contribution in [-0.2, 0) is 6.42 Å². The first kappa shape index (κ1) is 29.3. The van der Waals surface area contributed by atoms with E-state index in [-0.39, 0.29) is 6.42 Å². The molecule has 0 spiro atoms. The molecule has 2 nitrogen and oxygen atoms in total. The van der Waals surface area contributed by atoms with E-state index in [9.17, 15) is 8.78 Å². The molecule has 31 heavy (non-hydrogen) atoms. The number of unbranched alkanes of at least 4 members (excludes halogenated alkanes) is 2. The molecule has 0 amide bonds. The van der Waals surface area contributed by atoms with Crippen molar-refractivity contribution in [2.45, 2.75) is 113 Å². The summed E-state index contributed by atoms with van der Waals surface area (Å²) < 4.78 is 26.5. The standard InChI is InChI=1S/C15H18F2N2.C8H18.C4H10/c1-10(2)14-8-11(3)18-19(14)13-6-4-12(5-7-13)9-15(16)17;1-4-6-7-8(3)5-2;1-3-4-2/h4-8,10,15H,9H2,1-3H3;8H,4-7H2,1-3H3;3-4H2,1-2H3. The van der Waals surface area contributed by atoms with Crippen molar-refractivity contribution in [1.29, 1.82) is 0 Å². The average Bonchev–Trinajstić information content (AvgIpc) is 3.14. The van der Waals surface area contributed by atoms with Crippen molar-refractivity contribution < 1.29 is 8.78 Å². The van der Waals surface area contributed by atoms with Gasteiger partial charge >= 0.3 is 0 Å². The van der Waals surface area contributed by atoms with Gasteiger partial charge in [-0.2, -0.15) is 5.10 Å². The number of benzene rings is 1. The van der Waals surface area contributed by atoms with E-state index in [1.807, 2.05) is 23.7 Å². The topological polar surface area (TPSA) is 17.8 Å². The lowest BCUT2D eigenvalue weighted by atomic mass is 10.0. The summed E-state index contributed by atoms with van der Waals surface area (Å²) in [6, 6.07) is 9.22. The lowest BCUT2D eigenvalue weighted by Gasteiger charge is -2.10. The Labute approximate surface area is 190 Å². The zero-order valence-electron chi connectivity index (χ0n) is 21.2. The van der Waals surface area contributed by atoms with Gasteiger partial charge in [0, 0.05) is 12.1 Å². The second kappa shape index (κ2) is 16.9. The van der Waals surface area contributed by atoms with Crippen molar-refractivity contribution in [3.05, 3.63) is 47.3 Å². The normalized spacial score (nSPS) is 11.6. The van der Waals surface area contributed by atoms with Gasteiger partial charge < -0.3 is 0 Å². The molecule has 1 atom stereocenters. The van der Waals surface area contributed by atoms with Crippen LogP contribution in [0.3, 0.4) is 0 Å². The summed E-state index contributed by atoms with van der Waals surface area (Å²) in [6.07, 6.45) is 5.67. The Morgan fingerprint density at radius 2 is 1.48 bits per heavy atom. The summed E-state index contributed by atoms with van der Waals surface area (Å²) >= 11 is 0. The number of halogens is 2. The Morgan fingerprint density at radius 1 is 0.903 bits per heavy atom. The van der Waals surface area contributed by atoms with E-state index in [4.69, 9.17) is 0 Å². The quantitative estimate of drug-likeness (QED) is 0.383. The van der Waals surface area contributed by atoms with Gasteiger partial charge in [0.1, 0.15) is 0 Å². The molecule has 2 rings (SSSR count). The first-order valence-corrected chi connectivity index (χ1v) is 12.1. The monoisotopic (exact) mass is 436 g/mol. The van der Waals surface area contributed by atoms with Crippen molar-refractivity contribution in [3.63, 3.8) is 0 Å². The second-order valence-corrected chi connectivity index (χ2v) is 8.69. The Kier molecular flexibility index (Phi) is 16.0. The number of nitrogens with zero attached hydrogens (tertiary/aromatic N) is 2. The molecular formula is C27H46F2N2. The van der Waals surface area contributed by atoms with Gasteiger partial charge in [-0.1, -0.05) is 99.1 Å². The molecule has 0 saturated heterocycles. The van der Waals surface area contributed by atoms with Crippen LogP contribution in [0.25, 0.3) is 5.69 Å². The molecule has 0 radical (unpaired) electrons. The van der Waals surface area contributed by atoms with Gasteiger partial charge in [0.2, 0.25) is 6.43 Å². The molecule has 1 aromatic heterocycles. The van der Waals surface area contributed by atoms with Crippen LogP contribution in [0.5, 0.6) is 0 Å². The SMILES string of the molecule is CCCC.CCCCC(C)CC.Cc1cc(C(C)C)n(-c2ccc(CC(F)F)cc2)n1. The Balaban J connectivity index is 0.000000625. The number of hydrogen-bond acceptors (Lipinski definition) is 1. The molecule has 0 aliphatic carbocycles. The zero-order valence-corrected chi connectivity index (χ0v) is 21.2. The maximum atomic E-state index is 12.3. The van der Waals surface area contributed by atoms with Crippen LogP contribution in [-0.4, -0.2) is 16.2 Å². The summed E-state index contributed by atoms with van der Waals surface area (Å²) in [7, 11) is 0. The van der Waals surface area contributed by atoms with Gasteiger partial charge in [-0.15, -0.1) is 0 Å². The fourth-order valence-electron chi connectivity index (χ4n) is 2.85. The van der Waals surface area contributed by atoms with Gasteiger partial charge in [-0.25, -0.2) is 13.5 Å². The van der Waals surface area contributed by atoms with Crippen LogP contribution >= 0.6 is 0 Å². The minimum atomic E-state index is -2.30. The third kappa shape index (κ3) is 12.7. The molecule has 1 unspecified atom stereocenters. The molecule has 0 fully saturated rings. The van der Waals surface area contributed by atoms with Crippen molar-refractivity contribution in [2.75, 3.05) is 0 Å². The molecule has 0 aliphatic rings. The zero-order chi connectivity index (χ0) is 23.8. The third-order valence-corrected chi connectivity index (χ3v) is 5.27. The van der Waals surface area contributed by atoms with Crippen LogP contribution in [0.1, 0.15) is 110 Å². The van der Waals surface area contributed by atoms with E-state index in [1.54, 1.807) is 12.1 Å². The number of aromatic nitrogens is 2. The Morgan fingerprint density at radius 3 is 1.90 bits per heavy atom. The van der Waals surface area contributed by atoms with Gasteiger partial charge in [0.05, 0.1) is 11.4 Å². The summed E-state index contributed by atoms with van der Waals surface area (Å²) in [5.41, 5.74) is 3.64. The smallest absolute Gasteiger partial charge is 0.237 e. The number of rotatable bonds is 9. The van der Waals surface area contributed by atoms with Crippen molar-refractivity contribution >= 4 is 0 Å². The highest BCUT2D eigenvalue weighted by molar-refractivity contribution is 5.37. The summed E-state index contributed by atoms with van der Waals surface area (Å²) in [4.78, 5) is 0. The molecule has 4 heteroatoms. The molecular weight excluding hydrogens is 390 g/mol. The van der Waals surface area contributed by atoms with E-state index in [1.165, 1.54) is 38.5 Å². The predicted molar refractivity (Wildman–Crippen MR) is 132 cm³/mol. The van der Waals surface area contributed by atoms with Crippen LogP contribution in [0.2, 0.25) is 0 Å². The van der Waals surface area contributed by atoms with Gasteiger partial charge in [0.25, 0.3) is 0 Å². The van der Waals surface area contributed by atoms with Crippen LogP contribution in [0.15, 0.2) is 30.3 Å². The second-order valence-electron chi connectivity index (χ2n) is 8.69. The van der Waals surface area contributed by atoms with Gasteiger partial charge in [-0.3, -0.25) is 0 Å². The fourth-order valence-corrected chi connectivity index (χ4v) is 2.85. The van der Waals surface area contributed by atoms with Gasteiger partial charge in [-0.05, 0) is 42.5 Å². The molecule has 2 aromatic rings. The van der Waals surface area contributed by atoms with Crippen molar-refractivity contribution in [3.8, 4) is 5.69 Å². The van der Waals surface area contributed by atoms with E-state index in [0.717, 1.165) is 23.0 Å². The van der Waals surface area contributed by atoms with E-state index < -0.39 is 6.43 Å². The van der Waals surface area contributed by atoms with E-state index in [0.29, 0.717) is 11.5 Å². The minimum Gasteiger partial charge on any atom is -0.237 e. The maximum Gasteiger partial charge on any atom is 0.242 e. The van der Waals surface area contributed by atoms with Crippen LogP contribution in [0, 0.1) is 12.8 Å². The highest BCUT2D eigenvalue weighted by Crippen LogP contribution is 2.21. The highest BCUT2D eigenvalue weighted by Gasteiger charge is 2.11. The first-order valence-electron chi connectivity index (χ1n) is 12.1. The number of hydrogen-bond donors (Lipinski definition) is 0. The lowest BCUT2D eigenvalue weighted by Crippen LogP contribution is -2.04. The van der Waals surface area contributed by atoms with Gasteiger partial charge in [0.15, 0.2) is 0 Å². The lowest BCUT2D eigenvalue weighted by molar-refractivity contribution is 0.149. The molecule has 178 valence electrons. The first-order chi connectivity index (χ1) is 14.7. The number of aryl methyl sites for hydroxylation is 1. The Hall–Kier alpha value is -1.71. The fraction of sp³-hybridized carbons (Fsp3) is 0.667. The summed E-state index contributed by atoms with van der Waals surface area (Å²) in [5, 5.41) is 4.46. The molecule has 0 N–H and O–H groups in total. The van der Waals surface area contributed by atoms with E-state index >= 15 is 0 Å². The molecule has 1 aromatic carbocycles. The molecule has 1 heterocycles. The predicted octanol–water partition coefficient (Wildman–Crippen LogP) is 9.14. The number of alkyl halides is 2. The highest BCUT2D eigenvalue weighted by atomic mass is 19.3. The minimum absolute atomic E-state index is 0.199. The average molecular weight is 437 g/mol. The van der Waals surface area contributed by atoms with Crippen molar-refractivity contribution in [1.82, 2.24) is 9.78 Å². The van der Waals surface area contributed by atoms with E-state index in [2.05, 4.69) is 59.6 Å².